The summed E-state index contributed by atoms with van der Waals surface area (Å²) in [5.74, 6) is -1.04. The first-order valence-corrected chi connectivity index (χ1v) is 33.0. The van der Waals surface area contributed by atoms with Gasteiger partial charge >= 0.3 is 59.1 Å². The van der Waals surface area contributed by atoms with Crippen molar-refractivity contribution < 1.29 is 162 Å². The molecular weight excluding hydrogens is 1350 g/mol. The molecule has 36 nitrogen and oxygen atoms in total. The van der Waals surface area contributed by atoms with Gasteiger partial charge in [-0.05, 0) is 83.9 Å². The van der Waals surface area contributed by atoms with E-state index in [0.717, 1.165) is 48.6 Å². The van der Waals surface area contributed by atoms with Crippen molar-refractivity contribution in [1.29, 1.82) is 0 Å². The molecule has 0 aliphatic rings. The van der Waals surface area contributed by atoms with Crippen molar-refractivity contribution in [2.24, 2.45) is 0 Å². The van der Waals surface area contributed by atoms with Crippen LogP contribution < -0.4 is 90.2 Å². The Morgan fingerprint density at radius 2 is 0.585 bits per heavy atom. The summed E-state index contributed by atoms with van der Waals surface area (Å²) in [6, 6.07) is 16.4. The van der Waals surface area contributed by atoms with E-state index in [1.165, 1.54) is 58.3 Å². The predicted molar refractivity (Wildman–Crippen MR) is 331 cm³/mol. The molecule has 0 fully saturated rings. The normalized spacial score (nSPS) is 11.6. The van der Waals surface area contributed by atoms with Crippen LogP contribution in [0.25, 0.3) is 12.2 Å². The van der Waals surface area contributed by atoms with Crippen LogP contribution in [0.4, 0.5) is 58.4 Å². The van der Waals surface area contributed by atoms with Crippen molar-refractivity contribution in [3.8, 4) is 0 Å². The number of nitrogens with one attached hydrogen (secondary N) is 4. The standard InChI is InChI=1S/C40H44N12O16S4.2C6H15NO3.2Na/c53-19-15-51(16-20-54)39-47-35(41-27-7-11-31(12-8-27)69(57,58)59)45-37(49-39)43-29-5-3-25(33(23-29)71(63,64)65)1-2-26-4-6-30(24-34(26)72(66,67)68)44-38-46-36(48-40(50-38)52(17-21-55)18-22-56)42-28-9-13-32(14-10-28)70(60,61)62;2*8-4-1-7(2-5-9)3-6-10;;/h1-14,23-24,53-56H,15-22H2,(H,57,58,59)(H,60,61,62)(H,63,64,65)(H,66,67,68)(H2,41,43,45,47,49)(H2,42,44,46,48,50);2*8-10H,1-6H2;;/q;;;2*+1/p-2. The number of hydrogen-bond acceptors (Lipinski definition) is 34. The SMILES string of the molecule is O=S(=O)([O-])c1cc(Nc2nc(Nc3ccc(S(=O)(=O)O)cc3)nc(N(CCO)CCO)n2)ccc1C=Cc1ccc(Nc2nc(Nc3ccc(S(=O)(=O)O)cc3)nc(N(CCO)CCO)n2)cc1S(=O)(=O)[O-].OCCN(CCO)CCO.OCCN(CCO)CCO.[Na+].[Na+]. The van der Waals surface area contributed by atoms with Gasteiger partial charge in [0.25, 0.3) is 20.2 Å². The van der Waals surface area contributed by atoms with E-state index in [-0.39, 0.29) is 221 Å². The fraction of sp³-hybridized carbons (Fsp3) is 0.385. The van der Waals surface area contributed by atoms with Gasteiger partial charge in [-0.25, -0.2) is 16.8 Å². The van der Waals surface area contributed by atoms with Gasteiger partial charge in [0, 0.05) is 88.2 Å². The van der Waals surface area contributed by atoms with Crippen molar-refractivity contribution in [1.82, 2.24) is 39.7 Å². The van der Waals surface area contributed by atoms with Crippen LogP contribution in [0.15, 0.2) is 105 Å². The molecule has 6 aromatic rings. The molecule has 0 saturated heterocycles. The summed E-state index contributed by atoms with van der Waals surface area (Å²) in [5, 5.41) is 101. The van der Waals surface area contributed by atoms with Crippen molar-refractivity contribution in [2.45, 2.75) is 19.6 Å². The first-order chi connectivity index (χ1) is 43.7. The van der Waals surface area contributed by atoms with E-state index < -0.39 is 60.1 Å². The Morgan fingerprint density at radius 1 is 0.351 bits per heavy atom. The molecule has 508 valence electrons. The van der Waals surface area contributed by atoms with Crippen molar-refractivity contribution in [3.05, 3.63) is 96.1 Å². The van der Waals surface area contributed by atoms with Gasteiger partial charge < -0.3 is 91.2 Å². The Morgan fingerprint density at radius 3 is 0.809 bits per heavy atom. The van der Waals surface area contributed by atoms with E-state index in [9.17, 15) is 72.3 Å². The Hall–Kier alpha value is -5.40. The second kappa shape index (κ2) is 42.3. The van der Waals surface area contributed by atoms with E-state index in [0.29, 0.717) is 39.3 Å². The molecule has 2 aromatic heterocycles. The number of nitrogens with zero attached hydrogens (tertiary/aromatic N) is 10. The summed E-state index contributed by atoms with van der Waals surface area (Å²) in [7, 11) is -19.6. The summed E-state index contributed by atoms with van der Waals surface area (Å²) >= 11 is 0. The fourth-order valence-electron chi connectivity index (χ4n) is 7.91. The maximum absolute atomic E-state index is 12.6. The van der Waals surface area contributed by atoms with Crippen LogP contribution in [0.2, 0.25) is 0 Å². The molecule has 6 rings (SSSR count). The van der Waals surface area contributed by atoms with Gasteiger partial charge in [-0.2, -0.15) is 46.7 Å². The first-order valence-electron chi connectivity index (χ1n) is 27.3. The number of rotatable bonds is 36. The topological polar surface area (TPSA) is 564 Å². The third-order valence-corrected chi connectivity index (χ3v) is 15.6. The van der Waals surface area contributed by atoms with Crippen LogP contribution in [0, 0.1) is 0 Å². The molecule has 0 aliphatic heterocycles. The fourth-order valence-corrected chi connectivity index (χ4v) is 10.3. The van der Waals surface area contributed by atoms with Crippen LogP contribution in [0.5, 0.6) is 0 Å². The van der Waals surface area contributed by atoms with Crippen LogP contribution in [-0.4, -0.2) is 274 Å². The van der Waals surface area contributed by atoms with Crippen molar-refractivity contribution in [2.75, 3.05) is 163 Å². The minimum absolute atomic E-state index is 0. The Labute approximate surface area is 586 Å². The second-order valence-corrected chi connectivity index (χ2v) is 24.2. The van der Waals surface area contributed by atoms with Crippen LogP contribution in [-0.2, 0) is 40.5 Å². The van der Waals surface area contributed by atoms with Crippen LogP contribution in [0.1, 0.15) is 11.1 Å². The third-order valence-electron chi connectivity index (χ3n) is 12.1. The number of hydrogen-bond donors (Lipinski definition) is 16. The molecule has 4 aromatic carbocycles. The molecule has 94 heavy (non-hydrogen) atoms. The van der Waals surface area contributed by atoms with Gasteiger partial charge in [0.1, 0.15) is 20.2 Å². The van der Waals surface area contributed by atoms with E-state index in [4.69, 9.17) is 30.6 Å². The van der Waals surface area contributed by atoms with E-state index in [1.54, 1.807) is 9.80 Å². The molecule has 0 spiro atoms. The first kappa shape index (κ1) is 84.7. The smallest absolute Gasteiger partial charge is 0.744 e. The summed E-state index contributed by atoms with van der Waals surface area (Å²) in [5.41, 5.74) is -0.161. The molecular formula is C52H72N14Na2O22S4. The van der Waals surface area contributed by atoms with Gasteiger partial charge in [-0.1, -0.05) is 24.3 Å². The molecule has 16 N–H and O–H groups in total. The molecule has 0 unspecified atom stereocenters. The molecule has 0 radical (unpaired) electrons. The zero-order chi connectivity index (χ0) is 68.1. The summed E-state index contributed by atoms with van der Waals surface area (Å²) < 4.78 is 141. The quantitative estimate of drug-likeness (QED) is 0.00987. The zero-order valence-corrected chi connectivity index (χ0v) is 58.2. The zero-order valence-electron chi connectivity index (χ0n) is 50.9. The number of aromatic nitrogens is 6. The monoisotopic (exact) mass is 1420 g/mol. The molecule has 0 saturated carbocycles. The summed E-state index contributed by atoms with van der Waals surface area (Å²) in [6.07, 6.45) is 2.14. The molecule has 2 heterocycles. The number of aliphatic hydroxyl groups is 10. The average Bonchev–Trinajstić information content (AvgIpc) is 0.812. The Bertz CT molecular complexity index is 3490. The largest absolute Gasteiger partial charge is 1.00 e. The summed E-state index contributed by atoms with van der Waals surface area (Å²) in [6.45, 7) is 1.73. The second-order valence-electron chi connectivity index (χ2n) is 18.7. The number of aliphatic hydroxyl groups excluding tert-OH is 10. The van der Waals surface area contributed by atoms with Gasteiger partial charge in [0.15, 0.2) is 0 Å². The van der Waals surface area contributed by atoms with Gasteiger partial charge in [-0.3, -0.25) is 18.9 Å². The summed E-state index contributed by atoms with van der Waals surface area (Å²) in [4.78, 5) is 29.6. The van der Waals surface area contributed by atoms with E-state index in [2.05, 4.69) is 51.2 Å². The predicted octanol–water partition coefficient (Wildman–Crippen LogP) is -8.38. The van der Waals surface area contributed by atoms with E-state index >= 15 is 0 Å². The molecule has 0 atom stereocenters. The third kappa shape index (κ3) is 29.1. The minimum atomic E-state index is -5.29. The molecule has 42 heteroatoms. The maximum Gasteiger partial charge on any atom is 1.00 e. The van der Waals surface area contributed by atoms with Gasteiger partial charge in [-0.15, -0.1) is 0 Å². The van der Waals surface area contributed by atoms with Crippen molar-refractivity contribution >= 4 is 111 Å². The molecule has 0 aliphatic carbocycles. The number of anilines is 10. The average molecular weight is 1420 g/mol. The number of benzene rings is 4. The van der Waals surface area contributed by atoms with Crippen LogP contribution >= 0.6 is 0 Å². The van der Waals surface area contributed by atoms with Gasteiger partial charge in [0.05, 0.1) is 85.7 Å². The van der Waals surface area contributed by atoms with E-state index in [1.807, 2.05) is 0 Å². The Balaban J connectivity index is 0.00000118. The Kier molecular flexibility index (Phi) is 38.1. The van der Waals surface area contributed by atoms with Crippen molar-refractivity contribution in [3.63, 3.8) is 0 Å². The minimum Gasteiger partial charge on any atom is -0.744 e. The maximum atomic E-state index is 12.6. The van der Waals surface area contributed by atoms with Gasteiger partial charge in [0.2, 0.25) is 35.7 Å². The molecule has 0 bridgehead atoms. The molecule has 0 amide bonds. The van der Waals surface area contributed by atoms with Crippen LogP contribution in [0.3, 0.4) is 0 Å².